The third-order valence-corrected chi connectivity index (χ3v) is 1.01. The van der Waals surface area contributed by atoms with Gasteiger partial charge in [0.15, 0.2) is 5.79 Å². The summed E-state index contributed by atoms with van der Waals surface area (Å²) in [6.45, 7) is 13.4. The second kappa shape index (κ2) is 4.40. The van der Waals surface area contributed by atoms with Crippen LogP contribution in [0.4, 0.5) is 0 Å². The van der Waals surface area contributed by atoms with Crippen molar-refractivity contribution in [2.45, 2.75) is 66.0 Å². The van der Waals surface area contributed by atoms with E-state index < -0.39 is 5.79 Å². The quantitative estimate of drug-likeness (QED) is 0.387. The van der Waals surface area contributed by atoms with Crippen LogP contribution in [0.3, 0.4) is 0 Å². The van der Waals surface area contributed by atoms with Gasteiger partial charge in [-0.3, -0.25) is 0 Å². The summed E-state index contributed by atoms with van der Waals surface area (Å²) in [4.78, 5) is 10.4. The molecule has 0 aromatic carbocycles. The van der Waals surface area contributed by atoms with E-state index in [-0.39, 0.29) is 11.7 Å². The molecule has 0 unspecified atom stereocenters. The molecule has 0 aromatic heterocycles. The molecule has 0 atom stereocenters. The van der Waals surface area contributed by atoms with E-state index >= 15 is 0 Å². The van der Waals surface area contributed by atoms with Gasteiger partial charge in [0.25, 0.3) is 0 Å². The van der Waals surface area contributed by atoms with Crippen molar-refractivity contribution in [2.75, 3.05) is 0 Å². The highest BCUT2D eigenvalue weighted by molar-refractivity contribution is 4.57. The first kappa shape index (κ1) is 12.9. The van der Waals surface area contributed by atoms with Gasteiger partial charge in [-0.2, -0.15) is 0 Å². The molecule has 0 aliphatic carbocycles. The van der Waals surface area contributed by atoms with Crippen LogP contribution in [0.15, 0.2) is 0 Å². The van der Waals surface area contributed by atoms with Gasteiger partial charge >= 0.3 is 0 Å². The van der Waals surface area contributed by atoms with Crippen molar-refractivity contribution >= 4 is 0 Å². The van der Waals surface area contributed by atoms with Gasteiger partial charge in [0, 0.05) is 0 Å². The fourth-order valence-corrected chi connectivity index (χ4v) is 0.813. The highest BCUT2D eigenvalue weighted by Gasteiger charge is 2.25. The summed E-state index contributed by atoms with van der Waals surface area (Å²) in [5.41, 5.74) is -0.308. The monoisotopic (exact) mass is 190 g/mol. The minimum atomic E-state index is -0.693. The van der Waals surface area contributed by atoms with E-state index in [1.807, 2.05) is 48.5 Å². The number of ether oxygens (including phenoxy) is 1. The van der Waals surface area contributed by atoms with E-state index in [2.05, 4.69) is 0 Å². The maximum Gasteiger partial charge on any atom is 0.196 e. The summed E-state index contributed by atoms with van der Waals surface area (Å²) < 4.78 is 5.49. The zero-order valence-corrected chi connectivity index (χ0v) is 9.80. The lowest BCUT2D eigenvalue weighted by Crippen LogP contribution is -2.35. The topological polar surface area (TPSA) is 27.7 Å². The highest BCUT2D eigenvalue weighted by atomic mass is 17.2. The third kappa shape index (κ3) is 8.22. The average Bonchev–Trinajstić information content (AvgIpc) is 1.79. The van der Waals surface area contributed by atoms with Crippen molar-refractivity contribution in [2.24, 2.45) is 0 Å². The Balaban J connectivity index is 3.89. The normalized spacial score (nSPS) is 13.8. The van der Waals surface area contributed by atoms with Gasteiger partial charge in [-0.05, 0) is 48.5 Å². The molecular weight excluding hydrogens is 168 g/mol. The van der Waals surface area contributed by atoms with Gasteiger partial charge in [-0.15, -0.1) is 0 Å². The molecule has 0 spiro atoms. The second-order valence-electron chi connectivity index (χ2n) is 4.85. The lowest BCUT2D eigenvalue weighted by Gasteiger charge is -2.29. The average molecular weight is 190 g/mol. The second-order valence-corrected chi connectivity index (χ2v) is 4.85. The number of hydrogen-bond acceptors (Lipinski definition) is 3. The first-order valence-electron chi connectivity index (χ1n) is 4.67. The van der Waals surface area contributed by atoms with Gasteiger partial charge in [0.1, 0.15) is 0 Å². The Morgan fingerprint density at radius 1 is 0.846 bits per heavy atom. The van der Waals surface area contributed by atoms with Crippen molar-refractivity contribution in [1.82, 2.24) is 0 Å². The molecule has 0 heterocycles. The van der Waals surface area contributed by atoms with Gasteiger partial charge < -0.3 is 4.74 Å². The third-order valence-electron chi connectivity index (χ3n) is 1.01. The molecule has 80 valence electrons. The molecule has 3 heteroatoms. The molecule has 0 aliphatic rings. The van der Waals surface area contributed by atoms with E-state index in [1.165, 1.54) is 0 Å². The summed E-state index contributed by atoms with van der Waals surface area (Å²) in [6.07, 6.45) is 0.124. The van der Waals surface area contributed by atoms with Gasteiger partial charge in [-0.25, -0.2) is 9.78 Å². The van der Waals surface area contributed by atoms with Crippen LogP contribution in [0, 0.1) is 0 Å². The number of rotatable bonds is 4. The highest BCUT2D eigenvalue weighted by Crippen LogP contribution is 2.18. The molecule has 0 saturated carbocycles. The Morgan fingerprint density at radius 3 is 1.62 bits per heavy atom. The molecule has 0 aliphatic heterocycles. The Morgan fingerprint density at radius 2 is 1.31 bits per heavy atom. The van der Waals surface area contributed by atoms with Crippen molar-refractivity contribution in [3.8, 4) is 0 Å². The van der Waals surface area contributed by atoms with E-state index in [1.54, 1.807) is 0 Å². The Kier molecular flexibility index (Phi) is 4.36. The summed E-state index contributed by atoms with van der Waals surface area (Å²) in [5, 5.41) is 0. The molecule has 3 nitrogen and oxygen atoms in total. The Bertz CT molecular complexity index is 145. The van der Waals surface area contributed by atoms with Gasteiger partial charge in [0.2, 0.25) is 0 Å². The van der Waals surface area contributed by atoms with Gasteiger partial charge in [-0.1, -0.05) is 0 Å². The predicted octanol–water partition coefficient (Wildman–Crippen LogP) is 2.89. The molecule has 0 amide bonds. The lowest BCUT2D eigenvalue weighted by atomic mass is 10.2. The Hall–Kier alpha value is -0.120. The summed E-state index contributed by atoms with van der Waals surface area (Å²) in [6, 6.07) is 0. The van der Waals surface area contributed by atoms with E-state index in [0.29, 0.717) is 0 Å². The van der Waals surface area contributed by atoms with Crippen molar-refractivity contribution in [3.05, 3.63) is 0 Å². The van der Waals surface area contributed by atoms with Crippen LogP contribution in [0.2, 0.25) is 0 Å². The predicted molar refractivity (Wildman–Crippen MR) is 52.2 cm³/mol. The summed E-state index contributed by atoms with van der Waals surface area (Å²) >= 11 is 0. The molecule has 0 aromatic rings. The molecule has 0 fully saturated rings. The van der Waals surface area contributed by atoms with Crippen LogP contribution in [-0.4, -0.2) is 17.5 Å². The van der Waals surface area contributed by atoms with Crippen LogP contribution < -0.4 is 0 Å². The zero-order chi connectivity index (χ0) is 10.7. The van der Waals surface area contributed by atoms with E-state index in [9.17, 15) is 0 Å². The summed E-state index contributed by atoms with van der Waals surface area (Å²) in [7, 11) is 0. The molecule has 0 rings (SSSR count). The maximum absolute atomic E-state index is 5.49. The smallest absolute Gasteiger partial charge is 0.196 e. The lowest BCUT2D eigenvalue weighted by molar-refractivity contribution is -0.453. The fourth-order valence-electron chi connectivity index (χ4n) is 0.813. The standard InChI is InChI=1S/C10H22O3/c1-8(2)11-10(6,7)13-12-9(3,4)5/h8H,1-7H3. The van der Waals surface area contributed by atoms with Crippen molar-refractivity contribution in [3.63, 3.8) is 0 Å². The SMILES string of the molecule is CC(C)OC(C)(C)OOC(C)(C)C. The minimum Gasteiger partial charge on any atom is -0.345 e. The largest absolute Gasteiger partial charge is 0.345 e. The van der Waals surface area contributed by atoms with Crippen LogP contribution in [0.25, 0.3) is 0 Å². The van der Waals surface area contributed by atoms with Crippen LogP contribution in [-0.2, 0) is 14.5 Å². The van der Waals surface area contributed by atoms with E-state index in [4.69, 9.17) is 14.5 Å². The molecule has 0 saturated heterocycles. The molecule has 0 N–H and O–H groups in total. The molecule has 0 radical (unpaired) electrons. The molecule has 13 heavy (non-hydrogen) atoms. The zero-order valence-electron chi connectivity index (χ0n) is 9.80. The number of hydrogen-bond donors (Lipinski definition) is 0. The Labute approximate surface area is 81.3 Å². The van der Waals surface area contributed by atoms with Gasteiger partial charge in [0.05, 0.1) is 11.7 Å². The fraction of sp³-hybridized carbons (Fsp3) is 1.00. The van der Waals surface area contributed by atoms with Crippen LogP contribution >= 0.6 is 0 Å². The summed E-state index contributed by atoms with van der Waals surface area (Å²) in [5.74, 6) is -0.693. The first-order valence-corrected chi connectivity index (χ1v) is 4.67. The van der Waals surface area contributed by atoms with Crippen molar-refractivity contribution in [1.29, 1.82) is 0 Å². The first-order chi connectivity index (χ1) is 5.62. The van der Waals surface area contributed by atoms with Crippen molar-refractivity contribution < 1.29 is 14.5 Å². The molecular formula is C10H22O3. The van der Waals surface area contributed by atoms with E-state index in [0.717, 1.165) is 0 Å². The van der Waals surface area contributed by atoms with Crippen LogP contribution in [0.1, 0.15) is 48.5 Å². The van der Waals surface area contributed by atoms with Crippen LogP contribution in [0.5, 0.6) is 0 Å². The minimum absolute atomic E-state index is 0.124. The maximum atomic E-state index is 5.49. The molecule has 0 bridgehead atoms.